The Morgan fingerprint density at radius 1 is 1.35 bits per heavy atom. The second-order valence-corrected chi connectivity index (χ2v) is 6.12. The minimum absolute atomic E-state index is 0.338. The molecule has 0 saturated carbocycles. The highest BCUT2D eigenvalue weighted by atomic mass is 32.3. The molecule has 108 valence electrons. The second kappa shape index (κ2) is 5.20. The number of benzene rings is 1. The van der Waals surface area contributed by atoms with E-state index in [1.165, 1.54) is 12.1 Å². The molecule has 20 heavy (non-hydrogen) atoms. The molecule has 1 amide bonds. The Labute approximate surface area is 115 Å². The molecule has 0 bridgehead atoms. The summed E-state index contributed by atoms with van der Waals surface area (Å²) in [5.74, 6) is -1.98. The van der Waals surface area contributed by atoms with Crippen LogP contribution >= 0.6 is 0 Å². The molecule has 1 fully saturated rings. The molecule has 0 spiro atoms. The lowest BCUT2D eigenvalue weighted by molar-refractivity contribution is -0.148. The predicted octanol–water partition coefficient (Wildman–Crippen LogP) is 0.713. The van der Waals surface area contributed by atoms with E-state index in [1.54, 1.807) is 18.2 Å². The van der Waals surface area contributed by atoms with Gasteiger partial charge in [-0.1, -0.05) is 30.3 Å². The van der Waals surface area contributed by atoms with Gasteiger partial charge in [0.25, 0.3) is 0 Å². The van der Waals surface area contributed by atoms with Gasteiger partial charge in [-0.15, -0.1) is 3.89 Å². The first kappa shape index (κ1) is 14.4. The summed E-state index contributed by atoms with van der Waals surface area (Å²) in [5.41, 5.74) is 0.338. The lowest BCUT2D eigenvalue weighted by Gasteiger charge is -2.24. The second-order valence-electron chi connectivity index (χ2n) is 4.50. The van der Waals surface area contributed by atoms with E-state index in [4.69, 9.17) is 0 Å². The summed E-state index contributed by atoms with van der Waals surface area (Å²) >= 11 is 0. The number of nitrogens with zero attached hydrogens (tertiary/aromatic N) is 1. The highest BCUT2D eigenvalue weighted by molar-refractivity contribution is 7.87. The van der Waals surface area contributed by atoms with Gasteiger partial charge in [0.15, 0.2) is 6.04 Å². The summed E-state index contributed by atoms with van der Waals surface area (Å²) in [4.78, 5) is 24.0. The summed E-state index contributed by atoms with van der Waals surface area (Å²) < 4.78 is 34.7. The molecule has 0 aliphatic carbocycles. The lowest BCUT2D eigenvalue weighted by Crippen LogP contribution is -2.36. The molecule has 0 aromatic heterocycles. The SMILES string of the molecule is O=C(O)C(c1ccccc1)N1CC(S(=O)(=O)F)CC1=O. The van der Waals surface area contributed by atoms with Crippen LogP contribution in [0.15, 0.2) is 30.3 Å². The largest absolute Gasteiger partial charge is 0.479 e. The molecule has 1 aromatic carbocycles. The fourth-order valence-corrected chi connectivity index (χ4v) is 2.91. The van der Waals surface area contributed by atoms with Crippen molar-refractivity contribution in [3.05, 3.63) is 35.9 Å². The summed E-state index contributed by atoms with van der Waals surface area (Å²) in [7, 11) is -4.87. The minimum Gasteiger partial charge on any atom is -0.479 e. The Kier molecular flexibility index (Phi) is 3.76. The van der Waals surface area contributed by atoms with E-state index >= 15 is 0 Å². The van der Waals surface area contributed by atoms with Crippen molar-refractivity contribution in [3.8, 4) is 0 Å². The van der Waals surface area contributed by atoms with Crippen molar-refractivity contribution in [1.29, 1.82) is 0 Å². The van der Waals surface area contributed by atoms with E-state index in [0.717, 1.165) is 4.90 Å². The first-order chi connectivity index (χ1) is 9.30. The number of aliphatic carboxylic acids is 1. The zero-order valence-electron chi connectivity index (χ0n) is 10.3. The van der Waals surface area contributed by atoms with Crippen molar-refractivity contribution in [1.82, 2.24) is 4.90 Å². The van der Waals surface area contributed by atoms with Crippen LogP contribution in [0.5, 0.6) is 0 Å². The van der Waals surface area contributed by atoms with Gasteiger partial charge in [-0.2, -0.15) is 8.42 Å². The highest BCUT2D eigenvalue weighted by Crippen LogP contribution is 2.29. The van der Waals surface area contributed by atoms with Crippen LogP contribution in [0.25, 0.3) is 0 Å². The number of rotatable bonds is 4. The van der Waals surface area contributed by atoms with Crippen LogP contribution < -0.4 is 0 Å². The fraction of sp³-hybridized carbons (Fsp3) is 0.333. The lowest BCUT2D eigenvalue weighted by atomic mass is 10.1. The molecule has 2 atom stereocenters. The summed E-state index contributed by atoms with van der Waals surface area (Å²) in [6.07, 6.45) is -0.532. The quantitative estimate of drug-likeness (QED) is 0.827. The molecule has 1 aromatic rings. The molecule has 1 N–H and O–H groups in total. The van der Waals surface area contributed by atoms with E-state index < -0.39 is 46.4 Å². The Balaban J connectivity index is 2.33. The monoisotopic (exact) mass is 301 g/mol. The van der Waals surface area contributed by atoms with E-state index in [-0.39, 0.29) is 0 Å². The number of hydrogen-bond acceptors (Lipinski definition) is 4. The van der Waals surface area contributed by atoms with Crippen LogP contribution in [0.2, 0.25) is 0 Å². The van der Waals surface area contributed by atoms with Gasteiger partial charge < -0.3 is 10.0 Å². The van der Waals surface area contributed by atoms with Crippen molar-refractivity contribution < 1.29 is 27.0 Å². The first-order valence-electron chi connectivity index (χ1n) is 5.81. The smallest absolute Gasteiger partial charge is 0.331 e. The van der Waals surface area contributed by atoms with Crippen LogP contribution in [0, 0.1) is 0 Å². The molecular weight excluding hydrogens is 289 g/mol. The van der Waals surface area contributed by atoms with E-state index in [2.05, 4.69) is 0 Å². The fourth-order valence-electron chi connectivity index (χ4n) is 2.23. The standard InChI is InChI=1S/C12H12FNO5S/c13-20(18,19)9-6-10(15)14(7-9)11(12(16)17)8-4-2-1-3-5-8/h1-5,9,11H,6-7H2,(H,16,17). The Morgan fingerprint density at radius 2 is 1.95 bits per heavy atom. The van der Waals surface area contributed by atoms with Crippen LogP contribution in [0.3, 0.4) is 0 Å². The minimum atomic E-state index is -4.87. The Morgan fingerprint density at radius 3 is 2.40 bits per heavy atom. The Hall–Kier alpha value is -1.96. The molecule has 2 rings (SSSR count). The van der Waals surface area contributed by atoms with Crippen molar-refractivity contribution in [2.24, 2.45) is 0 Å². The average Bonchev–Trinajstić information content (AvgIpc) is 2.73. The molecular formula is C12H12FNO5S. The van der Waals surface area contributed by atoms with Crippen LogP contribution in [0.1, 0.15) is 18.0 Å². The van der Waals surface area contributed by atoms with E-state index in [0.29, 0.717) is 5.56 Å². The predicted molar refractivity (Wildman–Crippen MR) is 67.0 cm³/mol. The van der Waals surface area contributed by atoms with Crippen molar-refractivity contribution in [2.45, 2.75) is 17.7 Å². The summed E-state index contributed by atoms with van der Waals surface area (Å²) in [6, 6.07) is 6.62. The third-order valence-corrected chi connectivity index (χ3v) is 4.29. The number of carboxylic acids is 1. The van der Waals surface area contributed by atoms with Crippen LogP contribution in [-0.4, -0.2) is 42.1 Å². The molecule has 1 aliphatic heterocycles. The van der Waals surface area contributed by atoms with Gasteiger partial charge in [0, 0.05) is 13.0 Å². The molecule has 1 heterocycles. The average molecular weight is 301 g/mol. The summed E-state index contributed by atoms with van der Waals surface area (Å²) in [6.45, 7) is -0.455. The number of halogens is 1. The van der Waals surface area contributed by atoms with E-state index in [1.807, 2.05) is 0 Å². The van der Waals surface area contributed by atoms with Crippen molar-refractivity contribution in [3.63, 3.8) is 0 Å². The normalized spacial score (nSPS) is 20.9. The van der Waals surface area contributed by atoms with Crippen LogP contribution in [-0.2, 0) is 19.8 Å². The van der Waals surface area contributed by atoms with Gasteiger partial charge in [-0.05, 0) is 5.56 Å². The molecule has 1 saturated heterocycles. The topological polar surface area (TPSA) is 91.8 Å². The maximum atomic E-state index is 13.0. The first-order valence-corrected chi connectivity index (χ1v) is 7.26. The number of likely N-dealkylation sites (tertiary alicyclic amines) is 1. The van der Waals surface area contributed by atoms with Crippen molar-refractivity contribution in [2.75, 3.05) is 6.54 Å². The maximum absolute atomic E-state index is 13.0. The maximum Gasteiger partial charge on any atom is 0.331 e. The number of carboxylic acid groups (broad SMARTS) is 1. The number of hydrogen-bond donors (Lipinski definition) is 1. The highest BCUT2D eigenvalue weighted by Gasteiger charge is 2.43. The molecule has 8 heteroatoms. The number of carbonyl (C=O) groups is 2. The molecule has 2 unspecified atom stereocenters. The van der Waals surface area contributed by atoms with Gasteiger partial charge in [0.1, 0.15) is 5.25 Å². The van der Waals surface area contributed by atoms with Gasteiger partial charge in [0.05, 0.1) is 0 Å². The molecule has 0 radical (unpaired) electrons. The zero-order valence-corrected chi connectivity index (χ0v) is 11.1. The van der Waals surface area contributed by atoms with Gasteiger partial charge in [-0.3, -0.25) is 4.79 Å². The number of carbonyl (C=O) groups excluding carboxylic acids is 1. The zero-order chi connectivity index (χ0) is 14.9. The van der Waals surface area contributed by atoms with Crippen molar-refractivity contribution >= 4 is 22.1 Å². The van der Waals surface area contributed by atoms with Gasteiger partial charge in [-0.25, -0.2) is 4.79 Å². The van der Waals surface area contributed by atoms with Crippen LogP contribution in [0.4, 0.5) is 3.89 Å². The van der Waals surface area contributed by atoms with E-state index in [9.17, 15) is 27.0 Å². The molecule has 1 aliphatic rings. The third kappa shape index (κ3) is 2.79. The third-order valence-electron chi connectivity index (χ3n) is 3.18. The summed E-state index contributed by atoms with van der Waals surface area (Å²) in [5, 5.41) is 7.76. The number of amides is 1. The molecule has 6 nitrogen and oxygen atoms in total. The Bertz CT molecular complexity index is 631. The van der Waals surface area contributed by atoms with Gasteiger partial charge in [0.2, 0.25) is 5.91 Å². The van der Waals surface area contributed by atoms with Gasteiger partial charge >= 0.3 is 16.2 Å².